The van der Waals surface area contributed by atoms with E-state index < -0.39 is 6.04 Å². The predicted octanol–water partition coefficient (Wildman–Crippen LogP) is 0.866. The highest BCUT2D eigenvalue weighted by molar-refractivity contribution is 7.99. The monoisotopic (exact) mass is 284 g/mol. The lowest BCUT2D eigenvalue weighted by atomic mass is 10.2. The number of nitrogens with zero attached hydrogens (tertiary/aromatic N) is 1. The summed E-state index contributed by atoms with van der Waals surface area (Å²) in [5.41, 5.74) is 0. The van der Waals surface area contributed by atoms with Crippen LogP contribution in [0.1, 0.15) is 18.7 Å². The van der Waals surface area contributed by atoms with Crippen LogP contribution in [0.4, 0.5) is 0 Å². The van der Waals surface area contributed by atoms with Crippen molar-refractivity contribution < 1.29 is 14.3 Å². The summed E-state index contributed by atoms with van der Waals surface area (Å²) in [6.45, 7) is 3.61. The second-order valence-electron chi connectivity index (χ2n) is 4.58. The average Bonchev–Trinajstić information content (AvgIpc) is 2.98. The van der Waals surface area contributed by atoms with Crippen LogP contribution >= 0.6 is 11.8 Å². The summed E-state index contributed by atoms with van der Waals surface area (Å²) in [4.78, 5) is 14.4. The molecule has 1 aliphatic heterocycles. The van der Waals surface area contributed by atoms with Gasteiger partial charge in [0.25, 0.3) is 0 Å². The zero-order chi connectivity index (χ0) is 13.7. The predicted molar refractivity (Wildman–Crippen MR) is 75.0 cm³/mol. The minimum absolute atomic E-state index is 0.0673. The summed E-state index contributed by atoms with van der Waals surface area (Å²) in [7, 11) is 0. The van der Waals surface area contributed by atoms with Gasteiger partial charge in [-0.05, 0) is 19.1 Å². The molecule has 2 N–H and O–H groups in total. The van der Waals surface area contributed by atoms with Crippen LogP contribution in [0.3, 0.4) is 0 Å². The van der Waals surface area contributed by atoms with E-state index in [1.165, 1.54) is 6.26 Å². The molecule has 2 heterocycles. The number of carbonyl (C=O) groups is 1. The quantitative estimate of drug-likeness (QED) is 0.840. The number of nitrogens with one attached hydrogen (secondary N) is 1. The molecule has 2 rings (SSSR count). The van der Waals surface area contributed by atoms with E-state index in [1.54, 1.807) is 12.1 Å². The molecular weight excluding hydrogens is 264 g/mol. The number of hydrogen-bond donors (Lipinski definition) is 2. The van der Waals surface area contributed by atoms with Crippen molar-refractivity contribution in [1.82, 2.24) is 10.2 Å². The van der Waals surface area contributed by atoms with Crippen molar-refractivity contribution in [2.75, 3.05) is 31.2 Å². The Bertz CT molecular complexity index is 391. The minimum Gasteiger partial charge on any atom is -0.467 e. The number of aliphatic hydroxyl groups is 1. The molecule has 0 saturated carbocycles. The number of aliphatic hydroxyl groups excluding tert-OH is 1. The van der Waals surface area contributed by atoms with E-state index in [0.717, 1.165) is 24.6 Å². The van der Waals surface area contributed by atoms with E-state index in [9.17, 15) is 9.90 Å². The third kappa shape index (κ3) is 3.75. The van der Waals surface area contributed by atoms with Gasteiger partial charge in [0.2, 0.25) is 5.91 Å². The number of hydrogen-bond acceptors (Lipinski definition) is 5. The molecular formula is C13H20N2O3S. The lowest BCUT2D eigenvalue weighted by molar-refractivity contribution is -0.127. The molecule has 1 saturated heterocycles. The number of carbonyl (C=O) groups excluding carboxylic acids is 1. The molecule has 0 bridgehead atoms. The maximum Gasteiger partial charge on any atom is 0.237 e. The third-order valence-electron chi connectivity index (χ3n) is 3.36. The van der Waals surface area contributed by atoms with Crippen molar-refractivity contribution in [3.63, 3.8) is 0 Å². The zero-order valence-corrected chi connectivity index (χ0v) is 11.9. The summed E-state index contributed by atoms with van der Waals surface area (Å²) in [6, 6.07) is 2.85. The summed E-state index contributed by atoms with van der Waals surface area (Å²) < 4.78 is 5.22. The zero-order valence-electron chi connectivity index (χ0n) is 11.0. The Kier molecular flexibility index (Phi) is 5.30. The number of rotatable bonds is 5. The lowest BCUT2D eigenvalue weighted by Gasteiger charge is -2.31. The fourth-order valence-corrected chi connectivity index (χ4v) is 3.05. The molecule has 2 atom stereocenters. The molecule has 0 aliphatic carbocycles. The fraction of sp³-hybridized carbons (Fsp3) is 0.615. The highest BCUT2D eigenvalue weighted by Crippen LogP contribution is 2.15. The Morgan fingerprint density at radius 2 is 2.32 bits per heavy atom. The van der Waals surface area contributed by atoms with Crippen molar-refractivity contribution in [1.29, 1.82) is 0 Å². The van der Waals surface area contributed by atoms with Gasteiger partial charge in [-0.1, -0.05) is 0 Å². The molecule has 1 aromatic rings. The number of amides is 1. The van der Waals surface area contributed by atoms with Gasteiger partial charge in [0.05, 0.1) is 18.9 Å². The molecule has 1 aromatic heterocycles. The minimum atomic E-state index is -0.468. The lowest BCUT2D eigenvalue weighted by Crippen LogP contribution is -2.49. The van der Waals surface area contributed by atoms with Gasteiger partial charge in [0.1, 0.15) is 11.8 Å². The summed E-state index contributed by atoms with van der Waals surface area (Å²) in [5, 5.41) is 12.2. The molecule has 0 aromatic carbocycles. The van der Waals surface area contributed by atoms with Crippen LogP contribution in [0.25, 0.3) is 0 Å². The molecule has 1 fully saturated rings. The van der Waals surface area contributed by atoms with Crippen LogP contribution in [-0.2, 0) is 4.79 Å². The first-order chi connectivity index (χ1) is 9.22. The van der Waals surface area contributed by atoms with Gasteiger partial charge in [-0.25, -0.2) is 0 Å². The van der Waals surface area contributed by atoms with E-state index in [0.29, 0.717) is 5.76 Å². The smallest absolute Gasteiger partial charge is 0.237 e. The first-order valence-electron chi connectivity index (χ1n) is 6.49. The molecule has 0 radical (unpaired) electrons. The topological polar surface area (TPSA) is 65.7 Å². The van der Waals surface area contributed by atoms with Crippen molar-refractivity contribution in [2.45, 2.75) is 19.0 Å². The van der Waals surface area contributed by atoms with Crippen LogP contribution in [0.2, 0.25) is 0 Å². The first kappa shape index (κ1) is 14.4. The third-order valence-corrected chi connectivity index (χ3v) is 4.30. The molecule has 1 amide bonds. The highest BCUT2D eigenvalue weighted by atomic mass is 32.2. The van der Waals surface area contributed by atoms with Crippen LogP contribution in [0, 0.1) is 0 Å². The first-order valence-corrected chi connectivity index (χ1v) is 7.64. The fourth-order valence-electron chi connectivity index (χ4n) is 2.12. The Balaban J connectivity index is 1.91. The average molecular weight is 284 g/mol. The van der Waals surface area contributed by atoms with Crippen molar-refractivity contribution >= 4 is 17.7 Å². The van der Waals surface area contributed by atoms with Gasteiger partial charge in [0.15, 0.2) is 0 Å². The van der Waals surface area contributed by atoms with Crippen LogP contribution in [0.15, 0.2) is 22.8 Å². The molecule has 1 aliphatic rings. The Morgan fingerprint density at radius 3 is 2.89 bits per heavy atom. The van der Waals surface area contributed by atoms with Gasteiger partial charge in [0, 0.05) is 24.6 Å². The Hall–Kier alpha value is -0.980. The summed E-state index contributed by atoms with van der Waals surface area (Å²) >= 11 is 1.92. The van der Waals surface area contributed by atoms with Gasteiger partial charge in [-0.2, -0.15) is 11.8 Å². The molecule has 0 spiro atoms. The van der Waals surface area contributed by atoms with Gasteiger partial charge in [-0.3, -0.25) is 9.69 Å². The van der Waals surface area contributed by atoms with Crippen molar-refractivity contribution in [3.05, 3.63) is 24.2 Å². The van der Waals surface area contributed by atoms with E-state index in [1.807, 2.05) is 18.7 Å². The molecule has 19 heavy (non-hydrogen) atoms. The van der Waals surface area contributed by atoms with Crippen LogP contribution in [-0.4, -0.2) is 53.2 Å². The normalized spacial score (nSPS) is 19.9. The number of thioether (sulfide) groups is 1. The van der Waals surface area contributed by atoms with E-state index >= 15 is 0 Å². The maximum atomic E-state index is 12.2. The van der Waals surface area contributed by atoms with Crippen molar-refractivity contribution in [3.8, 4) is 0 Å². The number of furan rings is 1. The van der Waals surface area contributed by atoms with Gasteiger partial charge < -0.3 is 14.8 Å². The van der Waals surface area contributed by atoms with E-state index in [-0.39, 0.29) is 18.6 Å². The Labute approximate surface area is 117 Å². The van der Waals surface area contributed by atoms with Crippen LogP contribution < -0.4 is 5.32 Å². The largest absolute Gasteiger partial charge is 0.467 e. The summed E-state index contributed by atoms with van der Waals surface area (Å²) in [5.74, 6) is 2.65. The van der Waals surface area contributed by atoms with Gasteiger partial charge in [-0.15, -0.1) is 0 Å². The standard InChI is InChI=1S/C13H20N2O3S/c1-10(15-4-7-19-8-5-15)13(17)14-11(9-16)12-3-2-6-18-12/h2-3,6,10-11,16H,4-5,7-9H2,1H3,(H,14,17). The van der Waals surface area contributed by atoms with Crippen molar-refractivity contribution in [2.24, 2.45) is 0 Å². The van der Waals surface area contributed by atoms with Gasteiger partial charge >= 0.3 is 0 Å². The summed E-state index contributed by atoms with van der Waals surface area (Å²) in [6.07, 6.45) is 1.54. The SMILES string of the molecule is CC(C(=O)NC(CO)c1ccco1)N1CCSCC1. The maximum absolute atomic E-state index is 12.2. The Morgan fingerprint density at radius 1 is 1.58 bits per heavy atom. The van der Waals surface area contributed by atoms with E-state index in [2.05, 4.69) is 10.2 Å². The molecule has 106 valence electrons. The molecule has 2 unspecified atom stereocenters. The second-order valence-corrected chi connectivity index (χ2v) is 5.81. The van der Waals surface area contributed by atoms with Crippen LogP contribution in [0.5, 0.6) is 0 Å². The molecule has 6 heteroatoms. The highest BCUT2D eigenvalue weighted by Gasteiger charge is 2.25. The molecule has 5 nitrogen and oxygen atoms in total. The van der Waals surface area contributed by atoms with E-state index in [4.69, 9.17) is 4.42 Å². The second kappa shape index (κ2) is 6.98.